The van der Waals surface area contributed by atoms with Crippen LogP contribution in [-0.2, 0) is 17.9 Å². The molecule has 1 atom stereocenters. The number of nitrogens with one attached hydrogen (secondary N) is 1. The molecule has 5 nitrogen and oxygen atoms in total. The standard InChI is InChI=1S/C26H41N3O2/c1-2-24(25(30)31)27-18-21-8-10-22(11-9-21)19-28-15-12-26(20-28)13-16-29(17-14-26)23-6-4-3-5-7-23/h8-11,23-24,27H,2-7,12-20H2,1H3,(H,30,31). The van der Waals surface area contributed by atoms with Crippen molar-refractivity contribution in [3.63, 3.8) is 0 Å². The molecule has 2 saturated heterocycles. The quantitative estimate of drug-likeness (QED) is 0.649. The first-order valence-corrected chi connectivity index (χ1v) is 12.6. The summed E-state index contributed by atoms with van der Waals surface area (Å²) in [6.07, 6.45) is 11.9. The van der Waals surface area contributed by atoms with E-state index in [1.807, 2.05) is 6.92 Å². The normalized spacial score (nSPS) is 23.9. The molecule has 1 spiro atoms. The lowest BCUT2D eigenvalue weighted by Gasteiger charge is -2.43. The fourth-order valence-electron chi connectivity index (χ4n) is 6.05. The van der Waals surface area contributed by atoms with Gasteiger partial charge in [0.2, 0.25) is 0 Å². The third kappa shape index (κ3) is 5.88. The van der Waals surface area contributed by atoms with E-state index in [0.717, 1.165) is 18.2 Å². The predicted octanol–water partition coefficient (Wildman–Crippen LogP) is 4.26. The van der Waals surface area contributed by atoms with Crippen LogP contribution in [0.2, 0.25) is 0 Å². The van der Waals surface area contributed by atoms with Crippen molar-refractivity contribution in [1.82, 2.24) is 15.1 Å². The molecule has 3 fully saturated rings. The van der Waals surface area contributed by atoms with Gasteiger partial charge in [-0.05, 0) is 74.7 Å². The highest BCUT2D eigenvalue weighted by atomic mass is 16.4. The van der Waals surface area contributed by atoms with Crippen LogP contribution < -0.4 is 5.32 Å². The number of nitrogens with zero attached hydrogens (tertiary/aromatic N) is 2. The lowest BCUT2D eigenvalue weighted by molar-refractivity contribution is -0.139. The van der Waals surface area contributed by atoms with Crippen LogP contribution in [0.3, 0.4) is 0 Å². The van der Waals surface area contributed by atoms with E-state index in [2.05, 4.69) is 39.4 Å². The minimum absolute atomic E-state index is 0.468. The van der Waals surface area contributed by atoms with Crippen molar-refractivity contribution in [2.24, 2.45) is 5.41 Å². The molecule has 5 heteroatoms. The Bertz CT molecular complexity index is 706. The second kappa shape index (κ2) is 10.5. The molecule has 1 aliphatic carbocycles. The minimum Gasteiger partial charge on any atom is -0.480 e. The molecule has 0 bridgehead atoms. The molecule has 1 aromatic rings. The van der Waals surface area contributed by atoms with Crippen molar-refractivity contribution < 1.29 is 9.90 Å². The first-order chi connectivity index (χ1) is 15.1. The Morgan fingerprint density at radius 1 is 1.06 bits per heavy atom. The first-order valence-electron chi connectivity index (χ1n) is 12.6. The van der Waals surface area contributed by atoms with E-state index >= 15 is 0 Å². The number of carbonyl (C=O) groups is 1. The van der Waals surface area contributed by atoms with Crippen LogP contribution in [-0.4, -0.2) is 59.1 Å². The van der Waals surface area contributed by atoms with E-state index in [1.165, 1.54) is 83.1 Å². The highest BCUT2D eigenvalue weighted by Crippen LogP contribution is 2.42. The zero-order valence-corrected chi connectivity index (χ0v) is 19.3. The summed E-state index contributed by atoms with van der Waals surface area (Å²) in [5.41, 5.74) is 3.07. The summed E-state index contributed by atoms with van der Waals surface area (Å²) in [7, 11) is 0. The highest BCUT2D eigenvalue weighted by molar-refractivity contribution is 5.73. The van der Waals surface area contributed by atoms with Crippen molar-refractivity contribution in [3.8, 4) is 0 Å². The predicted molar refractivity (Wildman–Crippen MR) is 125 cm³/mol. The van der Waals surface area contributed by atoms with E-state index < -0.39 is 12.0 Å². The van der Waals surface area contributed by atoms with Gasteiger partial charge in [0.15, 0.2) is 0 Å². The summed E-state index contributed by atoms with van der Waals surface area (Å²) in [5.74, 6) is -0.772. The van der Waals surface area contributed by atoms with Gasteiger partial charge in [-0.25, -0.2) is 0 Å². The maximum Gasteiger partial charge on any atom is 0.320 e. The van der Waals surface area contributed by atoms with Crippen molar-refractivity contribution in [2.45, 2.75) is 89.9 Å². The van der Waals surface area contributed by atoms with Gasteiger partial charge in [0.1, 0.15) is 6.04 Å². The van der Waals surface area contributed by atoms with Crippen LogP contribution >= 0.6 is 0 Å². The SMILES string of the molecule is CCC(NCc1ccc(CN2CCC3(CCN(C4CCCCC4)CC3)C2)cc1)C(=O)O. The largest absolute Gasteiger partial charge is 0.480 e. The van der Waals surface area contributed by atoms with Gasteiger partial charge in [-0.1, -0.05) is 50.5 Å². The van der Waals surface area contributed by atoms with Crippen molar-refractivity contribution in [1.29, 1.82) is 0 Å². The van der Waals surface area contributed by atoms with E-state index in [0.29, 0.717) is 18.4 Å². The molecule has 1 unspecified atom stereocenters. The Morgan fingerprint density at radius 2 is 1.71 bits per heavy atom. The zero-order valence-electron chi connectivity index (χ0n) is 19.3. The Balaban J connectivity index is 1.22. The van der Waals surface area contributed by atoms with Gasteiger partial charge in [-0.3, -0.25) is 9.69 Å². The molecule has 0 radical (unpaired) electrons. The van der Waals surface area contributed by atoms with Crippen LogP contribution in [0.15, 0.2) is 24.3 Å². The molecule has 1 aromatic carbocycles. The van der Waals surface area contributed by atoms with E-state index in [-0.39, 0.29) is 0 Å². The monoisotopic (exact) mass is 427 g/mol. The minimum atomic E-state index is -0.772. The number of carboxylic acid groups (broad SMARTS) is 1. The van der Waals surface area contributed by atoms with Gasteiger partial charge in [-0.15, -0.1) is 0 Å². The molecule has 3 aliphatic rings. The molecule has 31 heavy (non-hydrogen) atoms. The van der Waals surface area contributed by atoms with Crippen LogP contribution in [0.5, 0.6) is 0 Å². The molecule has 0 amide bonds. The lowest BCUT2D eigenvalue weighted by Crippen LogP contribution is -2.46. The fourth-order valence-corrected chi connectivity index (χ4v) is 6.05. The van der Waals surface area contributed by atoms with Gasteiger partial charge in [0.25, 0.3) is 0 Å². The Hall–Kier alpha value is -1.43. The number of carboxylic acids is 1. The van der Waals surface area contributed by atoms with Crippen LogP contribution in [0.4, 0.5) is 0 Å². The number of aliphatic carboxylic acids is 1. The van der Waals surface area contributed by atoms with Crippen molar-refractivity contribution >= 4 is 5.97 Å². The topological polar surface area (TPSA) is 55.8 Å². The third-order valence-corrected chi connectivity index (χ3v) is 8.16. The average Bonchev–Trinajstić information content (AvgIpc) is 3.18. The van der Waals surface area contributed by atoms with Gasteiger partial charge >= 0.3 is 5.97 Å². The summed E-state index contributed by atoms with van der Waals surface area (Å²) in [6, 6.07) is 9.13. The average molecular weight is 428 g/mol. The summed E-state index contributed by atoms with van der Waals surface area (Å²) in [5, 5.41) is 12.3. The smallest absolute Gasteiger partial charge is 0.320 e. The molecule has 2 N–H and O–H groups in total. The Kier molecular flexibility index (Phi) is 7.68. The second-order valence-electron chi connectivity index (χ2n) is 10.3. The number of hydrogen-bond donors (Lipinski definition) is 2. The number of benzene rings is 1. The van der Waals surface area contributed by atoms with E-state index in [4.69, 9.17) is 5.11 Å². The van der Waals surface area contributed by atoms with Gasteiger partial charge < -0.3 is 15.3 Å². The Morgan fingerprint density at radius 3 is 2.35 bits per heavy atom. The molecule has 2 aliphatic heterocycles. The van der Waals surface area contributed by atoms with Crippen molar-refractivity contribution in [3.05, 3.63) is 35.4 Å². The van der Waals surface area contributed by atoms with Crippen molar-refractivity contribution in [2.75, 3.05) is 26.2 Å². The Labute approximate surface area is 188 Å². The number of hydrogen-bond acceptors (Lipinski definition) is 4. The second-order valence-corrected chi connectivity index (χ2v) is 10.3. The summed E-state index contributed by atoms with van der Waals surface area (Å²) >= 11 is 0. The number of piperidine rings is 1. The van der Waals surface area contributed by atoms with Gasteiger partial charge in [-0.2, -0.15) is 0 Å². The molecule has 4 rings (SSSR count). The van der Waals surface area contributed by atoms with Gasteiger partial charge in [0.05, 0.1) is 0 Å². The highest BCUT2D eigenvalue weighted by Gasteiger charge is 2.41. The lowest BCUT2D eigenvalue weighted by atomic mass is 9.77. The summed E-state index contributed by atoms with van der Waals surface area (Å²) < 4.78 is 0. The molecular formula is C26H41N3O2. The fraction of sp³-hybridized carbons (Fsp3) is 0.731. The van der Waals surface area contributed by atoms with Gasteiger partial charge in [0, 0.05) is 25.7 Å². The maximum atomic E-state index is 11.2. The molecular weight excluding hydrogens is 386 g/mol. The van der Waals surface area contributed by atoms with Crippen LogP contribution in [0, 0.1) is 5.41 Å². The van der Waals surface area contributed by atoms with Crippen LogP contribution in [0.1, 0.15) is 75.8 Å². The third-order valence-electron chi connectivity index (χ3n) is 8.16. The number of rotatable bonds is 8. The first kappa shape index (κ1) is 22.8. The molecule has 2 heterocycles. The van der Waals surface area contributed by atoms with E-state index in [1.54, 1.807) is 0 Å². The van der Waals surface area contributed by atoms with E-state index in [9.17, 15) is 4.79 Å². The molecule has 1 saturated carbocycles. The molecule has 0 aromatic heterocycles. The summed E-state index contributed by atoms with van der Waals surface area (Å²) in [4.78, 5) is 16.6. The molecule has 172 valence electrons. The summed E-state index contributed by atoms with van der Waals surface area (Å²) in [6.45, 7) is 8.65. The maximum absolute atomic E-state index is 11.2. The zero-order chi connectivity index (χ0) is 21.7. The number of likely N-dealkylation sites (tertiary alicyclic amines) is 2. The van der Waals surface area contributed by atoms with Crippen LogP contribution in [0.25, 0.3) is 0 Å².